The quantitative estimate of drug-likeness (QED) is 0.681. The van der Waals surface area contributed by atoms with Gasteiger partial charge in [-0.05, 0) is 25.6 Å². The molecular weight excluding hydrogens is 188 g/mol. The van der Waals surface area contributed by atoms with Gasteiger partial charge in [-0.3, -0.25) is 9.69 Å². The van der Waals surface area contributed by atoms with Crippen molar-refractivity contribution in [3.63, 3.8) is 0 Å². The fraction of sp³-hybridized carbons (Fsp3) is 0.417. The van der Waals surface area contributed by atoms with Gasteiger partial charge in [0.2, 0.25) is 5.91 Å². The minimum Gasteiger partial charge on any atom is -0.309 e. The standard InChI is InChI=1S/C12H14N2O/c1-13-10-7-11(13)12(15)14(8-10)9-5-3-2-4-6-9/h2-6,10-11H,7-8H2,1H3. The fourth-order valence-corrected chi connectivity index (χ4v) is 2.51. The van der Waals surface area contributed by atoms with Gasteiger partial charge in [0.05, 0.1) is 6.04 Å². The lowest BCUT2D eigenvalue weighted by Crippen LogP contribution is -2.70. The molecular formula is C12H14N2O. The van der Waals surface area contributed by atoms with Crippen molar-refractivity contribution in [3.05, 3.63) is 30.3 Å². The molecule has 1 aromatic carbocycles. The summed E-state index contributed by atoms with van der Waals surface area (Å²) >= 11 is 0. The summed E-state index contributed by atoms with van der Waals surface area (Å²) in [5.41, 5.74) is 1.03. The van der Waals surface area contributed by atoms with Crippen molar-refractivity contribution in [3.8, 4) is 0 Å². The van der Waals surface area contributed by atoms with Crippen molar-refractivity contribution in [1.29, 1.82) is 0 Å². The monoisotopic (exact) mass is 202 g/mol. The summed E-state index contributed by atoms with van der Waals surface area (Å²) in [6.07, 6.45) is 1.04. The number of carbonyl (C=O) groups excluding carboxylic acids is 1. The zero-order valence-electron chi connectivity index (χ0n) is 8.76. The maximum Gasteiger partial charge on any atom is 0.244 e. The van der Waals surface area contributed by atoms with E-state index in [1.165, 1.54) is 0 Å². The molecule has 2 bridgehead atoms. The number of rotatable bonds is 1. The molecule has 0 spiro atoms. The molecule has 0 saturated carbocycles. The molecule has 2 unspecified atom stereocenters. The van der Waals surface area contributed by atoms with Gasteiger partial charge in [0.1, 0.15) is 0 Å². The van der Waals surface area contributed by atoms with E-state index in [0.717, 1.165) is 18.7 Å². The number of piperazine rings is 1. The Labute approximate surface area is 89.3 Å². The Hall–Kier alpha value is -1.35. The van der Waals surface area contributed by atoms with Gasteiger partial charge < -0.3 is 4.90 Å². The van der Waals surface area contributed by atoms with E-state index in [1.807, 2.05) is 42.3 Å². The predicted molar refractivity (Wildman–Crippen MR) is 58.8 cm³/mol. The number of hydrogen-bond acceptors (Lipinski definition) is 2. The number of amides is 1. The first-order valence-corrected chi connectivity index (χ1v) is 5.36. The Morgan fingerprint density at radius 1 is 1.27 bits per heavy atom. The molecule has 0 aliphatic carbocycles. The van der Waals surface area contributed by atoms with Crippen LogP contribution in [0.15, 0.2) is 30.3 Å². The average molecular weight is 202 g/mol. The molecule has 0 aromatic heterocycles. The normalized spacial score (nSPS) is 30.2. The van der Waals surface area contributed by atoms with Crippen molar-refractivity contribution in [1.82, 2.24) is 4.90 Å². The summed E-state index contributed by atoms with van der Waals surface area (Å²) in [5.74, 6) is 0.256. The van der Waals surface area contributed by atoms with Crippen molar-refractivity contribution in [2.24, 2.45) is 0 Å². The maximum atomic E-state index is 12.1. The fourth-order valence-electron chi connectivity index (χ4n) is 2.51. The summed E-state index contributed by atoms with van der Waals surface area (Å²) in [4.78, 5) is 16.2. The molecule has 0 N–H and O–H groups in total. The summed E-state index contributed by atoms with van der Waals surface area (Å²) in [7, 11) is 2.04. The van der Waals surface area contributed by atoms with Crippen molar-refractivity contribution >= 4 is 11.6 Å². The van der Waals surface area contributed by atoms with E-state index in [9.17, 15) is 4.79 Å². The number of para-hydroxylation sites is 1. The second-order valence-corrected chi connectivity index (χ2v) is 4.36. The van der Waals surface area contributed by atoms with Crippen LogP contribution in [0.2, 0.25) is 0 Å². The number of benzene rings is 1. The molecule has 1 amide bonds. The van der Waals surface area contributed by atoms with Gasteiger partial charge in [0.15, 0.2) is 0 Å². The topological polar surface area (TPSA) is 23.6 Å². The van der Waals surface area contributed by atoms with Crippen LogP contribution in [-0.4, -0.2) is 36.5 Å². The smallest absolute Gasteiger partial charge is 0.244 e. The molecule has 78 valence electrons. The minimum atomic E-state index is 0.129. The van der Waals surface area contributed by atoms with E-state index in [1.54, 1.807) is 0 Å². The van der Waals surface area contributed by atoms with E-state index in [2.05, 4.69) is 4.90 Å². The first-order chi connectivity index (χ1) is 7.27. The van der Waals surface area contributed by atoms with E-state index >= 15 is 0 Å². The zero-order chi connectivity index (χ0) is 10.4. The third-order valence-electron chi connectivity index (χ3n) is 3.58. The highest BCUT2D eigenvalue weighted by Gasteiger charge is 2.48. The van der Waals surface area contributed by atoms with Crippen LogP contribution in [-0.2, 0) is 4.79 Å². The van der Waals surface area contributed by atoms with Crippen LogP contribution in [0.4, 0.5) is 5.69 Å². The molecule has 3 heterocycles. The molecule has 3 nitrogen and oxygen atoms in total. The number of anilines is 1. The van der Waals surface area contributed by atoms with Crippen LogP contribution < -0.4 is 4.90 Å². The van der Waals surface area contributed by atoms with Crippen molar-refractivity contribution in [2.45, 2.75) is 18.5 Å². The second kappa shape index (κ2) is 3.07. The van der Waals surface area contributed by atoms with Gasteiger partial charge >= 0.3 is 0 Å². The van der Waals surface area contributed by atoms with E-state index in [4.69, 9.17) is 0 Å². The van der Waals surface area contributed by atoms with Gasteiger partial charge in [0.25, 0.3) is 0 Å². The van der Waals surface area contributed by atoms with Crippen molar-refractivity contribution in [2.75, 3.05) is 18.5 Å². The lowest BCUT2D eigenvalue weighted by molar-refractivity contribution is -0.135. The molecule has 15 heavy (non-hydrogen) atoms. The second-order valence-electron chi connectivity index (χ2n) is 4.36. The Morgan fingerprint density at radius 3 is 2.60 bits per heavy atom. The summed E-state index contributed by atoms with van der Waals surface area (Å²) in [6, 6.07) is 10.6. The Kier molecular flexibility index (Phi) is 1.83. The highest BCUT2D eigenvalue weighted by atomic mass is 16.2. The number of piperidine rings is 1. The van der Waals surface area contributed by atoms with Gasteiger partial charge in [-0.25, -0.2) is 0 Å². The molecule has 1 aromatic rings. The Bertz CT molecular complexity index is 390. The van der Waals surface area contributed by atoms with Crippen LogP contribution in [0.25, 0.3) is 0 Å². The molecule has 3 heteroatoms. The van der Waals surface area contributed by atoms with Crippen LogP contribution >= 0.6 is 0 Å². The first kappa shape index (κ1) is 8.92. The summed E-state index contributed by atoms with van der Waals surface area (Å²) in [5, 5.41) is 0. The molecule has 3 aliphatic rings. The Balaban J connectivity index is 1.88. The van der Waals surface area contributed by atoms with Gasteiger partial charge in [0, 0.05) is 18.3 Å². The first-order valence-electron chi connectivity index (χ1n) is 5.36. The lowest BCUT2D eigenvalue weighted by Gasteiger charge is -2.53. The number of carbonyl (C=O) groups is 1. The van der Waals surface area contributed by atoms with Crippen LogP contribution in [0.1, 0.15) is 6.42 Å². The average Bonchev–Trinajstić information content (AvgIpc) is 2.29. The summed E-state index contributed by atoms with van der Waals surface area (Å²) in [6.45, 7) is 0.843. The van der Waals surface area contributed by atoms with E-state index < -0.39 is 0 Å². The van der Waals surface area contributed by atoms with Gasteiger partial charge in [-0.2, -0.15) is 0 Å². The highest BCUT2D eigenvalue weighted by Crippen LogP contribution is 2.33. The van der Waals surface area contributed by atoms with Crippen LogP contribution in [0, 0.1) is 0 Å². The molecule has 3 fully saturated rings. The predicted octanol–water partition coefficient (Wildman–Crippen LogP) is 1.11. The minimum absolute atomic E-state index is 0.129. The largest absolute Gasteiger partial charge is 0.309 e. The molecule has 3 saturated heterocycles. The SMILES string of the molecule is CN1C2CC1C(=O)N(c1ccccc1)C2. The molecule has 3 aliphatic heterocycles. The third kappa shape index (κ3) is 1.20. The third-order valence-corrected chi connectivity index (χ3v) is 3.58. The van der Waals surface area contributed by atoms with Gasteiger partial charge in [-0.1, -0.05) is 18.2 Å². The van der Waals surface area contributed by atoms with Crippen molar-refractivity contribution < 1.29 is 4.79 Å². The number of hydrogen-bond donors (Lipinski definition) is 0. The van der Waals surface area contributed by atoms with E-state index in [-0.39, 0.29) is 11.9 Å². The van der Waals surface area contributed by atoms with Crippen LogP contribution in [0.5, 0.6) is 0 Å². The summed E-state index contributed by atoms with van der Waals surface area (Å²) < 4.78 is 0. The number of nitrogens with zero attached hydrogens (tertiary/aromatic N) is 2. The highest BCUT2D eigenvalue weighted by molar-refractivity contribution is 5.99. The maximum absolute atomic E-state index is 12.1. The molecule has 4 rings (SSSR count). The lowest BCUT2D eigenvalue weighted by atomic mass is 9.87. The zero-order valence-corrected chi connectivity index (χ0v) is 8.76. The molecule has 0 radical (unpaired) electrons. The van der Waals surface area contributed by atoms with E-state index in [0.29, 0.717) is 6.04 Å². The number of likely N-dealkylation sites (N-methyl/N-ethyl adjacent to an activating group) is 1. The number of fused-ring (bicyclic) bond motifs is 2. The Morgan fingerprint density at radius 2 is 2.00 bits per heavy atom. The van der Waals surface area contributed by atoms with Gasteiger partial charge in [-0.15, -0.1) is 0 Å². The molecule has 2 atom stereocenters. The van der Waals surface area contributed by atoms with Crippen LogP contribution in [0.3, 0.4) is 0 Å².